The van der Waals surface area contributed by atoms with Crippen LogP contribution >= 0.6 is 11.6 Å². The van der Waals surface area contributed by atoms with Crippen molar-refractivity contribution >= 4 is 34.0 Å². The van der Waals surface area contributed by atoms with Crippen molar-refractivity contribution in [3.8, 4) is 0 Å². The third-order valence-corrected chi connectivity index (χ3v) is 4.74. The third kappa shape index (κ3) is 2.46. The number of hydrogen-bond donors (Lipinski definition) is 1. The average molecular weight is 338 g/mol. The highest BCUT2D eigenvalue weighted by Gasteiger charge is 2.30. The van der Waals surface area contributed by atoms with E-state index in [-0.39, 0.29) is 12.5 Å². The standard InChI is InChI=1S/C20H16ClNO2/c21-18-11-14-10-15(23)12-22(20(24)13-6-2-1-3-7-13)19(14)17-9-5-4-8-16(17)18/h1-9,11,15,23H,10,12H2. The summed E-state index contributed by atoms with van der Waals surface area (Å²) in [5.74, 6) is -0.108. The molecule has 1 aliphatic heterocycles. The number of hydrogen-bond acceptors (Lipinski definition) is 2. The van der Waals surface area contributed by atoms with E-state index < -0.39 is 6.10 Å². The average Bonchev–Trinajstić information content (AvgIpc) is 2.61. The van der Waals surface area contributed by atoms with Crippen LogP contribution in [-0.2, 0) is 6.42 Å². The maximum Gasteiger partial charge on any atom is 0.258 e. The van der Waals surface area contributed by atoms with Crippen LogP contribution in [0, 0.1) is 0 Å². The van der Waals surface area contributed by atoms with Crippen molar-refractivity contribution in [2.75, 3.05) is 11.4 Å². The van der Waals surface area contributed by atoms with Crippen molar-refractivity contribution in [1.82, 2.24) is 0 Å². The Kier molecular flexibility index (Phi) is 3.75. The summed E-state index contributed by atoms with van der Waals surface area (Å²) in [4.78, 5) is 14.7. The lowest BCUT2D eigenvalue weighted by Crippen LogP contribution is -2.42. The summed E-state index contributed by atoms with van der Waals surface area (Å²) in [5.41, 5.74) is 2.37. The van der Waals surface area contributed by atoms with Gasteiger partial charge in [0.15, 0.2) is 0 Å². The van der Waals surface area contributed by atoms with Gasteiger partial charge in [-0.05, 0) is 23.8 Å². The van der Waals surface area contributed by atoms with E-state index in [0.29, 0.717) is 17.0 Å². The summed E-state index contributed by atoms with van der Waals surface area (Å²) in [6.45, 7) is 0.284. The molecule has 0 radical (unpaired) electrons. The van der Waals surface area contributed by atoms with Crippen LogP contribution in [-0.4, -0.2) is 23.7 Å². The number of halogens is 1. The van der Waals surface area contributed by atoms with Gasteiger partial charge in [-0.3, -0.25) is 4.79 Å². The van der Waals surface area contributed by atoms with Crippen LogP contribution < -0.4 is 4.90 Å². The predicted molar refractivity (Wildman–Crippen MR) is 96.8 cm³/mol. The molecule has 4 rings (SSSR count). The van der Waals surface area contributed by atoms with E-state index in [9.17, 15) is 9.90 Å². The number of rotatable bonds is 1. The number of nitrogens with zero attached hydrogens (tertiary/aromatic N) is 1. The highest BCUT2D eigenvalue weighted by atomic mass is 35.5. The zero-order valence-corrected chi connectivity index (χ0v) is 13.7. The monoisotopic (exact) mass is 337 g/mol. The number of carbonyl (C=O) groups excluding carboxylic acids is 1. The van der Waals surface area contributed by atoms with Crippen LogP contribution in [0.25, 0.3) is 10.8 Å². The second-order valence-corrected chi connectivity index (χ2v) is 6.46. The summed E-state index contributed by atoms with van der Waals surface area (Å²) in [5, 5.41) is 12.7. The fraction of sp³-hybridized carbons (Fsp3) is 0.150. The Morgan fingerprint density at radius 3 is 2.46 bits per heavy atom. The Morgan fingerprint density at radius 1 is 1.04 bits per heavy atom. The smallest absolute Gasteiger partial charge is 0.258 e. The molecule has 24 heavy (non-hydrogen) atoms. The maximum absolute atomic E-state index is 13.0. The fourth-order valence-corrected chi connectivity index (χ4v) is 3.68. The number of fused-ring (bicyclic) bond motifs is 3. The Balaban J connectivity index is 1.93. The summed E-state index contributed by atoms with van der Waals surface area (Å²) >= 11 is 6.40. The first-order valence-electron chi connectivity index (χ1n) is 7.90. The first-order valence-corrected chi connectivity index (χ1v) is 8.28. The first-order chi connectivity index (χ1) is 11.6. The van der Waals surface area contributed by atoms with Crippen molar-refractivity contribution in [3.63, 3.8) is 0 Å². The molecule has 0 aromatic heterocycles. The zero-order chi connectivity index (χ0) is 16.7. The SMILES string of the molecule is O=C(c1ccccc1)N1CC(O)Cc2cc(Cl)c3ccccc3c21. The van der Waals surface area contributed by atoms with Crippen LogP contribution in [0.5, 0.6) is 0 Å². The predicted octanol–water partition coefficient (Wildman–Crippen LogP) is 4.06. The number of β-amino-alcohol motifs (C(OH)–C–C–N with tert-alkyl or cyclic N) is 1. The van der Waals surface area contributed by atoms with Crippen molar-refractivity contribution < 1.29 is 9.90 Å². The van der Waals surface area contributed by atoms with E-state index in [1.54, 1.807) is 17.0 Å². The molecule has 0 fully saturated rings. The summed E-state index contributed by atoms with van der Waals surface area (Å²) in [7, 11) is 0. The molecule has 0 aliphatic carbocycles. The molecule has 3 aromatic carbocycles. The largest absolute Gasteiger partial charge is 0.391 e. The number of carbonyl (C=O) groups is 1. The molecule has 3 nitrogen and oxygen atoms in total. The Morgan fingerprint density at radius 2 is 1.71 bits per heavy atom. The lowest BCUT2D eigenvalue weighted by Gasteiger charge is -2.34. The van der Waals surface area contributed by atoms with Gasteiger partial charge in [0, 0.05) is 27.8 Å². The second-order valence-electron chi connectivity index (χ2n) is 6.05. The van der Waals surface area contributed by atoms with Crippen LogP contribution in [0.2, 0.25) is 5.02 Å². The van der Waals surface area contributed by atoms with E-state index in [1.165, 1.54) is 0 Å². The van der Waals surface area contributed by atoms with E-state index >= 15 is 0 Å². The van der Waals surface area contributed by atoms with E-state index in [1.807, 2.05) is 48.5 Å². The quantitative estimate of drug-likeness (QED) is 0.727. The minimum Gasteiger partial charge on any atom is -0.391 e. The van der Waals surface area contributed by atoms with Gasteiger partial charge in [0.05, 0.1) is 18.3 Å². The molecule has 0 saturated carbocycles. The molecule has 1 atom stereocenters. The van der Waals surface area contributed by atoms with Gasteiger partial charge in [0.25, 0.3) is 5.91 Å². The Hall–Kier alpha value is -2.36. The highest BCUT2D eigenvalue weighted by Crippen LogP contribution is 2.39. The van der Waals surface area contributed by atoms with Gasteiger partial charge < -0.3 is 10.0 Å². The molecule has 3 aromatic rings. The van der Waals surface area contributed by atoms with Crippen molar-refractivity contribution in [3.05, 3.63) is 76.8 Å². The molecule has 0 saturated heterocycles. The van der Waals surface area contributed by atoms with Crippen LogP contribution in [0.15, 0.2) is 60.7 Å². The maximum atomic E-state index is 13.0. The molecule has 120 valence electrons. The van der Waals surface area contributed by atoms with Gasteiger partial charge >= 0.3 is 0 Å². The zero-order valence-electron chi connectivity index (χ0n) is 12.9. The molecule has 0 bridgehead atoms. The van der Waals surface area contributed by atoms with Gasteiger partial charge in [-0.1, -0.05) is 54.1 Å². The molecule has 1 unspecified atom stereocenters. The number of benzene rings is 3. The number of amides is 1. The fourth-order valence-electron chi connectivity index (χ4n) is 3.39. The molecule has 4 heteroatoms. The number of aliphatic hydroxyl groups is 1. The van der Waals surface area contributed by atoms with Crippen LogP contribution in [0.1, 0.15) is 15.9 Å². The molecular weight excluding hydrogens is 322 g/mol. The number of anilines is 1. The third-order valence-electron chi connectivity index (χ3n) is 4.43. The highest BCUT2D eigenvalue weighted by molar-refractivity contribution is 6.36. The van der Waals surface area contributed by atoms with Crippen molar-refractivity contribution in [2.24, 2.45) is 0 Å². The summed E-state index contributed by atoms with van der Waals surface area (Å²) in [6.07, 6.45) is -0.0965. The summed E-state index contributed by atoms with van der Waals surface area (Å²) in [6, 6.07) is 18.8. The van der Waals surface area contributed by atoms with Gasteiger partial charge in [0.1, 0.15) is 0 Å². The van der Waals surface area contributed by atoms with Crippen LogP contribution in [0.3, 0.4) is 0 Å². The molecule has 0 spiro atoms. The Labute approximate surface area is 145 Å². The normalized spacial score (nSPS) is 16.9. The number of aliphatic hydroxyl groups excluding tert-OH is 1. The molecule has 1 aliphatic rings. The topological polar surface area (TPSA) is 40.5 Å². The molecule has 1 heterocycles. The molecule has 1 amide bonds. The van der Waals surface area contributed by atoms with Gasteiger partial charge in [-0.25, -0.2) is 0 Å². The first kappa shape index (κ1) is 15.2. The van der Waals surface area contributed by atoms with Gasteiger partial charge in [0.2, 0.25) is 0 Å². The van der Waals surface area contributed by atoms with Gasteiger partial charge in [-0.15, -0.1) is 0 Å². The summed E-state index contributed by atoms with van der Waals surface area (Å²) < 4.78 is 0. The minimum atomic E-state index is -0.595. The lowest BCUT2D eigenvalue weighted by molar-refractivity contribution is 0.0955. The second kappa shape index (κ2) is 5.93. The van der Waals surface area contributed by atoms with E-state index in [2.05, 4.69) is 0 Å². The Bertz CT molecular complexity index is 924. The van der Waals surface area contributed by atoms with E-state index in [4.69, 9.17) is 11.6 Å². The van der Waals surface area contributed by atoms with E-state index in [0.717, 1.165) is 22.0 Å². The van der Waals surface area contributed by atoms with Crippen molar-refractivity contribution in [1.29, 1.82) is 0 Å². The lowest BCUT2D eigenvalue weighted by atomic mass is 9.94. The molecule has 1 N–H and O–H groups in total. The minimum absolute atomic E-state index is 0.108. The molecular formula is C20H16ClNO2. The van der Waals surface area contributed by atoms with Gasteiger partial charge in [-0.2, -0.15) is 0 Å². The van der Waals surface area contributed by atoms with Crippen LogP contribution in [0.4, 0.5) is 5.69 Å². The van der Waals surface area contributed by atoms with Crippen molar-refractivity contribution in [2.45, 2.75) is 12.5 Å².